The van der Waals surface area contributed by atoms with Gasteiger partial charge in [-0.15, -0.1) is 0 Å². The van der Waals surface area contributed by atoms with E-state index >= 15 is 0 Å². The molecule has 1 atom stereocenters. The lowest BCUT2D eigenvalue weighted by Gasteiger charge is -2.12. The van der Waals surface area contributed by atoms with Crippen LogP contribution in [0, 0.1) is 5.92 Å². The largest absolute Gasteiger partial charge is 0.463 e. The summed E-state index contributed by atoms with van der Waals surface area (Å²) in [5.74, 6) is 0.305. The predicted octanol–water partition coefficient (Wildman–Crippen LogP) is 14.2. The number of unbranched alkanes of at least 4 members (excludes halogenated alkanes) is 31. The molecule has 0 heterocycles. The lowest BCUT2D eigenvalue weighted by molar-refractivity contribution is -0.152. The highest BCUT2D eigenvalue weighted by atomic mass is 16.6. The number of aliphatic hydroxyl groups excluding tert-OH is 1. The average Bonchev–Trinajstić information content (AvgIpc) is 3.10. The molecular formula is C45H88O5. The Labute approximate surface area is 312 Å². The fraction of sp³-hybridized carbons (Fsp3) is 0.956. The summed E-state index contributed by atoms with van der Waals surface area (Å²) in [6.07, 6.45) is 44.6. The maximum atomic E-state index is 12.0. The number of carbonyl (C=O) groups excluding carboxylic acids is 2. The molecule has 0 saturated carbocycles. The van der Waals surface area contributed by atoms with Crippen LogP contribution in [0.1, 0.15) is 252 Å². The Morgan fingerprint density at radius 2 is 0.640 bits per heavy atom. The second-order valence-corrected chi connectivity index (χ2v) is 16.0. The third-order valence-electron chi connectivity index (χ3n) is 10.3. The Morgan fingerprint density at radius 3 is 0.900 bits per heavy atom. The molecule has 0 rings (SSSR count). The molecule has 0 fully saturated rings. The van der Waals surface area contributed by atoms with Gasteiger partial charge < -0.3 is 14.6 Å². The van der Waals surface area contributed by atoms with Crippen molar-refractivity contribution in [3.05, 3.63) is 0 Å². The van der Waals surface area contributed by atoms with Crippen LogP contribution in [-0.2, 0) is 19.1 Å². The first-order valence-corrected chi connectivity index (χ1v) is 22.4. The maximum Gasteiger partial charge on any atom is 0.305 e. The predicted molar refractivity (Wildman–Crippen MR) is 215 cm³/mol. The van der Waals surface area contributed by atoms with Crippen LogP contribution < -0.4 is 0 Å². The van der Waals surface area contributed by atoms with Gasteiger partial charge in [0.25, 0.3) is 0 Å². The molecule has 0 aromatic carbocycles. The summed E-state index contributed by atoms with van der Waals surface area (Å²) in [4.78, 5) is 24.0. The minimum Gasteiger partial charge on any atom is -0.463 e. The first kappa shape index (κ1) is 48.9. The van der Waals surface area contributed by atoms with Crippen molar-refractivity contribution in [1.29, 1.82) is 0 Å². The van der Waals surface area contributed by atoms with Crippen molar-refractivity contribution in [3.8, 4) is 0 Å². The molecule has 0 unspecified atom stereocenters. The molecule has 298 valence electrons. The van der Waals surface area contributed by atoms with Crippen LogP contribution in [0.2, 0.25) is 0 Å². The Bertz CT molecular complexity index is 693. The molecule has 5 heteroatoms. The van der Waals surface area contributed by atoms with Gasteiger partial charge in [-0.05, 0) is 18.8 Å². The Hall–Kier alpha value is -1.10. The molecule has 1 N–H and O–H groups in total. The number of rotatable bonds is 41. The fourth-order valence-electron chi connectivity index (χ4n) is 6.86. The smallest absolute Gasteiger partial charge is 0.305 e. The number of hydrogen-bond donors (Lipinski definition) is 1. The van der Waals surface area contributed by atoms with Gasteiger partial charge in [-0.1, -0.05) is 226 Å². The van der Waals surface area contributed by atoms with Crippen molar-refractivity contribution in [1.82, 2.24) is 0 Å². The first-order chi connectivity index (χ1) is 24.5. The lowest BCUT2D eigenvalue weighted by Crippen LogP contribution is -2.25. The van der Waals surface area contributed by atoms with Gasteiger partial charge >= 0.3 is 11.9 Å². The van der Waals surface area contributed by atoms with Crippen LogP contribution in [0.5, 0.6) is 0 Å². The highest BCUT2D eigenvalue weighted by molar-refractivity contribution is 5.69. The molecule has 0 amide bonds. The zero-order valence-corrected chi connectivity index (χ0v) is 34.1. The van der Waals surface area contributed by atoms with Crippen molar-refractivity contribution >= 4 is 11.9 Å². The van der Waals surface area contributed by atoms with E-state index in [0.717, 1.165) is 31.6 Å². The quantitative estimate of drug-likeness (QED) is 0.0505. The van der Waals surface area contributed by atoms with Crippen molar-refractivity contribution < 1.29 is 24.2 Å². The normalized spacial score (nSPS) is 12.1. The van der Waals surface area contributed by atoms with E-state index in [1.165, 1.54) is 193 Å². The highest BCUT2D eigenvalue weighted by Crippen LogP contribution is 2.17. The third kappa shape index (κ3) is 41.3. The molecule has 0 aromatic rings. The van der Waals surface area contributed by atoms with Crippen LogP contribution in [0.4, 0.5) is 0 Å². The number of esters is 2. The summed E-state index contributed by atoms with van der Waals surface area (Å²) in [7, 11) is 0. The van der Waals surface area contributed by atoms with Gasteiger partial charge in [0.05, 0.1) is 0 Å². The Kier molecular flexibility index (Phi) is 39.8. The molecule has 0 aliphatic rings. The van der Waals surface area contributed by atoms with Crippen LogP contribution in [0.25, 0.3) is 0 Å². The van der Waals surface area contributed by atoms with E-state index in [4.69, 9.17) is 9.47 Å². The van der Waals surface area contributed by atoms with Crippen molar-refractivity contribution in [3.63, 3.8) is 0 Å². The number of hydrogen-bond acceptors (Lipinski definition) is 5. The molecule has 0 aromatic heterocycles. The van der Waals surface area contributed by atoms with Gasteiger partial charge in [-0.25, -0.2) is 0 Å². The lowest BCUT2D eigenvalue weighted by atomic mass is 10.0. The molecule has 0 bridgehead atoms. The SMILES string of the molecule is CCCCCCCCCCCCCCCCCCCCCC(=O)OC[C@H](O)COC(=O)CCCCCCCCCCCCCCCCC(C)C. The second kappa shape index (κ2) is 40.7. The average molecular weight is 709 g/mol. The summed E-state index contributed by atoms with van der Waals surface area (Å²) in [6.45, 7) is 6.70. The minimum absolute atomic E-state index is 0.107. The molecule has 0 spiro atoms. The molecule has 0 aliphatic carbocycles. The van der Waals surface area contributed by atoms with E-state index in [2.05, 4.69) is 20.8 Å². The number of carbonyl (C=O) groups is 2. The number of aliphatic hydroxyl groups is 1. The van der Waals surface area contributed by atoms with Gasteiger partial charge in [-0.3, -0.25) is 9.59 Å². The van der Waals surface area contributed by atoms with Crippen molar-refractivity contribution in [2.24, 2.45) is 5.92 Å². The van der Waals surface area contributed by atoms with Gasteiger partial charge in [0.15, 0.2) is 0 Å². The molecular weight excluding hydrogens is 620 g/mol. The van der Waals surface area contributed by atoms with Crippen LogP contribution in [-0.4, -0.2) is 36.4 Å². The Morgan fingerprint density at radius 1 is 0.400 bits per heavy atom. The zero-order valence-electron chi connectivity index (χ0n) is 34.1. The molecule has 0 saturated heterocycles. The third-order valence-corrected chi connectivity index (χ3v) is 10.3. The summed E-state index contributed by atoms with van der Waals surface area (Å²) < 4.78 is 10.4. The fourth-order valence-corrected chi connectivity index (χ4v) is 6.86. The van der Waals surface area contributed by atoms with E-state index < -0.39 is 6.10 Å². The topological polar surface area (TPSA) is 72.8 Å². The van der Waals surface area contributed by atoms with E-state index in [1.54, 1.807) is 0 Å². The molecule has 0 aliphatic heterocycles. The molecule has 0 radical (unpaired) electrons. The monoisotopic (exact) mass is 709 g/mol. The zero-order chi connectivity index (χ0) is 36.6. The highest BCUT2D eigenvalue weighted by Gasteiger charge is 2.12. The molecule has 50 heavy (non-hydrogen) atoms. The van der Waals surface area contributed by atoms with E-state index in [-0.39, 0.29) is 25.2 Å². The van der Waals surface area contributed by atoms with Crippen LogP contribution >= 0.6 is 0 Å². The van der Waals surface area contributed by atoms with Gasteiger partial charge in [0.1, 0.15) is 19.3 Å². The summed E-state index contributed by atoms with van der Waals surface area (Å²) in [5, 5.41) is 10.0. The standard InChI is InChI=1S/C45H88O5/c1-4-5-6-7-8-9-10-11-12-13-14-15-16-20-23-26-29-32-35-38-44(47)49-40-43(46)41-50-45(48)39-36-33-30-27-24-21-18-17-19-22-25-28-31-34-37-42(2)3/h42-43,46H,4-41H2,1-3H3/t43-/m0/s1. The summed E-state index contributed by atoms with van der Waals surface area (Å²) in [6, 6.07) is 0. The van der Waals surface area contributed by atoms with Crippen LogP contribution in [0.3, 0.4) is 0 Å². The van der Waals surface area contributed by atoms with Crippen LogP contribution in [0.15, 0.2) is 0 Å². The first-order valence-electron chi connectivity index (χ1n) is 22.4. The summed E-state index contributed by atoms with van der Waals surface area (Å²) >= 11 is 0. The summed E-state index contributed by atoms with van der Waals surface area (Å²) in [5.41, 5.74) is 0. The Balaban J connectivity index is 3.35. The molecule has 5 nitrogen and oxygen atoms in total. The number of ether oxygens (including phenoxy) is 2. The maximum absolute atomic E-state index is 12.0. The van der Waals surface area contributed by atoms with Gasteiger partial charge in [0.2, 0.25) is 0 Å². The van der Waals surface area contributed by atoms with E-state index in [9.17, 15) is 14.7 Å². The van der Waals surface area contributed by atoms with E-state index in [0.29, 0.717) is 12.8 Å². The van der Waals surface area contributed by atoms with Gasteiger partial charge in [0, 0.05) is 12.8 Å². The van der Waals surface area contributed by atoms with Crippen molar-refractivity contribution in [2.45, 2.75) is 258 Å². The van der Waals surface area contributed by atoms with Gasteiger partial charge in [-0.2, -0.15) is 0 Å². The second-order valence-electron chi connectivity index (χ2n) is 16.0. The van der Waals surface area contributed by atoms with Crippen molar-refractivity contribution in [2.75, 3.05) is 13.2 Å². The minimum atomic E-state index is -0.956. The van der Waals surface area contributed by atoms with E-state index in [1.807, 2.05) is 0 Å².